The second-order valence-electron chi connectivity index (χ2n) is 3.72. The Morgan fingerprint density at radius 3 is 1.30 bits per heavy atom. The molecular weight excluding hydrogens is 436 g/mol. The van der Waals surface area contributed by atoms with E-state index in [0.717, 1.165) is 7.96 Å². The molecule has 0 atom stereocenters. The minimum Gasteiger partial charge on any atom is -0.759 e. The van der Waals surface area contributed by atoms with Crippen LogP contribution in [0.15, 0.2) is 19.0 Å². The van der Waals surface area contributed by atoms with Crippen molar-refractivity contribution in [3.05, 3.63) is 20.9 Å². The van der Waals surface area contributed by atoms with Crippen LogP contribution in [0.5, 0.6) is 0 Å². The van der Waals surface area contributed by atoms with Crippen LogP contribution >= 0.6 is 0 Å². The number of nitrogens with zero attached hydrogens (tertiary/aromatic N) is 10. The van der Waals surface area contributed by atoms with Crippen molar-refractivity contribution < 1.29 is 42.3 Å². The van der Waals surface area contributed by atoms with Gasteiger partial charge in [-0.15, -0.1) is 0 Å². The van der Waals surface area contributed by atoms with Crippen molar-refractivity contribution in [1.29, 1.82) is 0 Å². The van der Waals surface area contributed by atoms with E-state index in [1.165, 1.54) is 24.9 Å². The Kier molecular flexibility index (Phi) is 9.16. The van der Waals surface area contributed by atoms with Crippen molar-refractivity contribution in [2.24, 2.45) is 19.0 Å². The molecule has 2 rings (SSSR count). The summed E-state index contributed by atoms with van der Waals surface area (Å²) in [6.07, 6.45) is 5.10. The van der Waals surface area contributed by atoms with E-state index in [1.807, 2.05) is 0 Å². The van der Waals surface area contributed by atoms with Crippen molar-refractivity contribution in [2.45, 2.75) is 0 Å². The van der Waals surface area contributed by atoms with Crippen molar-refractivity contribution in [1.82, 2.24) is 0 Å². The van der Waals surface area contributed by atoms with Crippen LogP contribution in [0.4, 0.5) is 0 Å². The lowest BCUT2D eigenvalue weighted by molar-refractivity contribution is -0.352. The highest BCUT2D eigenvalue weighted by Gasteiger charge is 2.24. The van der Waals surface area contributed by atoms with Gasteiger partial charge in [0.25, 0.3) is 13.3 Å². The predicted octanol–water partition coefficient (Wildman–Crippen LogP) is -2.00. The summed E-state index contributed by atoms with van der Waals surface area (Å²) in [7, 11) is -12.9. The van der Waals surface area contributed by atoms with Crippen molar-refractivity contribution in [3.63, 3.8) is 0 Å². The van der Waals surface area contributed by atoms with Gasteiger partial charge >= 0.3 is 20.4 Å². The van der Waals surface area contributed by atoms with Crippen molar-refractivity contribution in [3.8, 4) is 0 Å². The largest absolute Gasteiger partial charge is 0.759 e. The zero-order valence-corrected chi connectivity index (χ0v) is 15.1. The first-order valence-electron chi connectivity index (χ1n) is 5.83. The normalized spacial score (nSPS) is 15.0. The fraction of sp³-hybridized carbons (Fsp3) is 0.333. The molecule has 2 aliphatic heterocycles. The molecule has 0 N–H and O–H groups in total. The molecule has 2 heterocycles. The third-order valence-corrected chi connectivity index (χ3v) is 4.21. The molecule has 0 spiro atoms. The fourth-order valence-corrected chi connectivity index (χ4v) is 2.29. The molecule has 0 radical (unpaired) electrons. The minimum atomic E-state index is -5.17. The average molecular weight is 444 g/mol. The average Bonchev–Trinajstić information content (AvgIpc) is 3.21. The van der Waals surface area contributed by atoms with Crippen molar-refractivity contribution >= 4 is 55.7 Å². The Morgan fingerprint density at radius 1 is 0.815 bits per heavy atom. The van der Waals surface area contributed by atoms with Crippen LogP contribution < -0.4 is 0 Å². The van der Waals surface area contributed by atoms with Gasteiger partial charge < -0.3 is 9.11 Å². The van der Waals surface area contributed by atoms with E-state index in [0.29, 0.717) is 0 Å². The first-order chi connectivity index (χ1) is 12.3. The molecule has 2 aliphatic rings. The molecule has 0 amide bonds. The first-order valence-corrected chi connectivity index (χ1v) is 9.96. The maximum atomic E-state index is 10.8. The summed E-state index contributed by atoms with van der Waals surface area (Å²) in [5.41, 5.74) is 15.7. The van der Waals surface area contributed by atoms with Crippen LogP contribution in [0.2, 0.25) is 0 Å². The van der Waals surface area contributed by atoms with Gasteiger partial charge in [0.1, 0.15) is 0 Å². The van der Waals surface area contributed by atoms with Crippen LogP contribution in [0, 0.1) is 0 Å². The Labute approximate surface area is 151 Å². The molecular formula is C6H8N10O8S3. The summed E-state index contributed by atoms with van der Waals surface area (Å²) in [6, 6.07) is 0. The number of hydrogen-bond acceptors (Lipinski definition) is 10. The van der Waals surface area contributed by atoms with E-state index in [-0.39, 0.29) is 13.3 Å². The summed E-state index contributed by atoms with van der Waals surface area (Å²) in [5.74, 6) is 0. The van der Waals surface area contributed by atoms with Gasteiger partial charge in [-0.05, 0) is 11.1 Å². The standard InChI is InChI=1S/2C3H4N5O2S.H2O4S/c2*4-6-7-11(9,10)8-2-1-5-3-8;1-5(2,3)4/h2*1-2H,3H2;(H2,1,2,3,4)/q2*+1;/p-2. The van der Waals surface area contributed by atoms with Gasteiger partial charge in [-0.25, -0.2) is 9.98 Å². The summed E-state index contributed by atoms with van der Waals surface area (Å²) < 4.78 is 84.3. The van der Waals surface area contributed by atoms with E-state index in [1.54, 1.807) is 0 Å². The molecule has 0 saturated heterocycles. The highest BCUT2D eigenvalue weighted by Crippen LogP contribution is 1.97. The molecule has 0 bridgehead atoms. The molecule has 21 heteroatoms. The molecule has 148 valence electrons. The maximum absolute atomic E-state index is 10.8. The SMILES string of the molecule is O=S(=O)([O-])[O-].[N-]=[N+]=NS(=O)(=O)[N+]1=CC=NC1.[N-]=[N+]=NS(=O)(=O)[N+]1=CC=NC1. The van der Waals surface area contributed by atoms with Crippen LogP contribution in [0.25, 0.3) is 20.9 Å². The number of hydrogen-bond donors (Lipinski definition) is 0. The molecule has 0 saturated carbocycles. The smallest absolute Gasteiger partial charge is 0.463 e. The van der Waals surface area contributed by atoms with Crippen LogP contribution in [0.1, 0.15) is 0 Å². The van der Waals surface area contributed by atoms with Gasteiger partial charge in [-0.2, -0.15) is 16.8 Å². The third kappa shape index (κ3) is 10.6. The zero-order valence-electron chi connectivity index (χ0n) is 12.7. The van der Waals surface area contributed by atoms with Crippen LogP contribution in [-0.4, -0.2) is 80.5 Å². The van der Waals surface area contributed by atoms with Gasteiger partial charge in [0.2, 0.25) is 12.4 Å². The number of rotatable bonds is 4. The van der Waals surface area contributed by atoms with Gasteiger partial charge in [-0.3, -0.25) is 8.42 Å². The number of azide groups is 2. The summed E-state index contributed by atoms with van der Waals surface area (Å²) >= 11 is 0. The molecule has 0 aromatic heterocycles. The summed E-state index contributed by atoms with van der Waals surface area (Å²) in [4.78, 5) is 11.5. The first kappa shape index (κ1) is 24.1. The molecule has 0 unspecified atom stereocenters. The molecule has 27 heavy (non-hydrogen) atoms. The van der Waals surface area contributed by atoms with E-state index in [9.17, 15) is 16.8 Å². The van der Waals surface area contributed by atoms with Gasteiger partial charge in [0.15, 0.2) is 0 Å². The molecule has 0 fully saturated rings. The molecule has 0 aliphatic carbocycles. The summed E-state index contributed by atoms with van der Waals surface area (Å²) in [6.45, 7) is -0.0251. The highest BCUT2D eigenvalue weighted by molar-refractivity contribution is 7.84. The van der Waals surface area contributed by atoms with E-state index in [4.69, 9.17) is 28.6 Å². The minimum absolute atomic E-state index is 0.0125. The van der Waals surface area contributed by atoms with Crippen molar-refractivity contribution in [2.75, 3.05) is 13.3 Å². The predicted molar refractivity (Wildman–Crippen MR) is 86.0 cm³/mol. The summed E-state index contributed by atoms with van der Waals surface area (Å²) in [5, 5.41) is 0. The second-order valence-corrected chi connectivity index (χ2v) is 7.60. The molecule has 18 nitrogen and oxygen atoms in total. The van der Waals surface area contributed by atoms with Crippen LogP contribution in [-0.2, 0) is 30.8 Å². The Morgan fingerprint density at radius 2 is 1.11 bits per heavy atom. The Hall–Kier alpha value is -2.93. The zero-order chi connectivity index (χ0) is 21.1. The quantitative estimate of drug-likeness (QED) is 0.116. The maximum Gasteiger partial charge on any atom is 0.463 e. The van der Waals surface area contributed by atoms with E-state index < -0.39 is 30.8 Å². The van der Waals surface area contributed by atoms with Gasteiger partial charge in [0.05, 0.1) is 21.5 Å². The van der Waals surface area contributed by atoms with Crippen LogP contribution in [0.3, 0.4) is 0 Å². The molecule has 0 aromatic rings. The second kappa shape index (κ2) is 10.3. The third-order valence-electron chi connectivity index (χ3n) is 1.99. The monoisotopic (exact) mass is 444 g/mol. The fourth-order valence-electron chi connectivity index (χ4n) is 1.08. The van der Waals surface area contributed by atoms with Gasteiger partial charge in [0, 0.05) is 20.2 Å². The highest BCUT2D eigenvalue weighted by atomic mass is 32.3. The lowest BCUT2D eigenvalue weighted by Crippen LogP contribution is -2.16. The van der Waals surface area contributed by atoms with E-state index >= 15 is 0 Å². The lowest BCUT2D eigenvalue weighted by atomic mass is 10.9. The lowest BCUT2D eigenvalue weighted by Gasteiger charge is -2.06. The Bertz CT molecular complexity index is 1000. The Balaban J connectivity index is 0.000000405. The number of aliphatic imine (C=N–C) groups is 2. The van der Waals surface area contributed by atoms with Gasteiger partial charge in [-0.1, -0.05) is 7.96 Å². The molecule has 0 aromatic carbocycles. The van der Waals surface area contributed by atoms with E-state index in [2.05, 4.69) is 28.8 Å². The topological polar surface area (TPSA) is 277 Å².